The first-order chi connectivity index (χ1) is 19.8. The van der Waals surface area contributed by atoms with Gasteiger partial charge in [-0.05, 0) is 50.8 Å². The second-order valence-corrected chi connectivity index (χ2v) is 10.9. The van der Waals surface area contributed by atoms with Gasteiger partial charge in [0.25, 0.3) is 0 Å². The summed E-state index contributed by atoms with van der Waals surface area (Å²) in [6.45, 7) is 6.53. The van der Waals surface area contributed by atoms with E-state index in [4.69, 9.17) is 16.3 Å². The highest BCUT2D eigenvalue weighted by Crippen LogP contribution is 2.43. The topological polar surface area (TPSA) is 75.0 Å². The van der Waals surface area contributed by atoms with Crippen molar-refractivity contribution < 1.29 is 19.0 Å². The van der Waals surface area contributed by atoms with Gasteiger partial charge in [-0.1, -0.05) is 61.4 Å². The Kier molecular flexibility index (Phi) is 10.1. The minimum absolute atomic E-state index is 0.0296. The van der Waals surface area contributed by atoms with Gasteiger partial charge in [-0.2, -0.15) is 0 Å². The van der Waals surface area contributed by atoms with E-state index in [1.807, 2.05) is 44.0 Å². The number of hydrogen-bond acceptors (Lipinski definition) is 5. The number of anilines is 1. The Morgan fingerprint density at radius 3 is 2.39 bits per heavy atom. The normalized spacial score (nSPS) is 15.4. The number of likely N-dealkylation sites (N-methyl/N-ethyl adjacent to an activating group) is 1. The van der Waals surface area contributed by atoms with Crippen molar-refractivity contribution in [3.63, 3.8) is 0 Å². The maximum Gasteiger partial charge on any atom is 0.341 e. The van der Waals surface area contributed by atoms with Gasteiger partial charge >= 0.3 is 5.97 Å². The van der Waals surface area contributed by atoms with Crippen LogP contribution in [0, 0.1) is 5.82 Å². The lowest BCUT2D eigenvalue weighted by Gasteiger charge is -2.34. The molecule has 2 aromatic carbocycles. The maximum absolute atomic E-state index is 15.7. The number of carbonyl (C=O) groups is 1. The van der Waals surface area contributed by atoms with Crippen LogP contribution in [0.1, 0.15) is 67.9 Å². The Hall–Kier alpha value is -3.36. The number of halogens is 2. The summed E-state index contributed by atoms with van der Waals surface area (Å²) in [5, 5.41) is 10.5. The minimum Gasteiger partial charge on any atom is -0.492 e. The molecule has 2 heterocycles. The Bertz CT molecular complexity index is 1470. The zero-order valence-corrected chi connectivity index (χ0v) is 25.0. The number of carboxylic acid groups (broad SMARTS) is 1. The van der Waals surface area contributed by atoms with Crippen molar-refractivity contribution in [2.75, 3.05) is 38.7 Å². The predicted molar refractivity (Wildman–Crippen MR) is 163 cm³/mol. The van der Waals surface area contributed by atoms with E-state index in [0.29, 0.717) is 43.7 Å². The number of aromatic nitrogens is 1. The second kappa shape index (κ2) is 13.5. The molecule has 5 rings (SSSR count). The molecule has 0 unspecified atom stereocenters. The fourth-order valence-electron chi connectivity index (χ4n) is 5.61. The highest BCUT2D eigenvalue weighted by atomic mass is 35.5. The van der Waals surface area contributed by atoms with Crippen LogP contribution in [0.2, 0.25) is 0 Å². The van der Waals surface area contributed by atoms with E-state index in [9.17, 15) is 14.7 Å². The fraction of sp³-hybridized carbons (Fsp3) is 0.438. The highest BCUT2D eigenvalue weighted by molar-refractivity contribution is 6.30. The maximum atomic E-state index is 15.7. The SMILES string of the molecule is CC.COc1c(N2CCC(=C(Cl)CN(C)Cc3ccccc3)CC2)c(F)cc2c(=O)c(C(=O)O)cn(C3CCC3)c12. The Morgan fingerprint density at radius 2 is 1.83 bits per heavy atom. The zero-order chi connectivity index (χ0) is 29.7. The van der Waals surface area contributed by atoms with Gasteiger partial charge in [0.15, 0.2) is 11.6 Å². The summed E-state index contributed by atoms with van der Waals surface area (Å²) in [5.74, 6) is -1.65. The first kappa shape index (κ1) is 30.6. The molecule has 3 aromatic rings. The molecule has 2 fully saturated rings. The number of piperidine rings is 1. The molecule has 7 nitrogen and oxygen atoms in total. The van der Waals surface area contributed by atoms with E-state index in [2.05, 4.69) is 17.0 Å². The van der Waals surface area contributed by atoms with E-state index < -0.39 is 17.2 Å². The largest absolute Gasteiger partial charge is 0.492 e. The van der Waals surface area contributed by atoms with Crippen LogP contribution in [-0.2, 0) is 6.54 Å². The number of benzene rings is 2. The first-order valence-corrected chi connectivity index (χ1v) is 14.7. The van der Waals surface area contributed by atoms with Gasteiger partial charge in [-0.25, -0.2) is 9.18 Å². The number of hydrogen-bond donors (Lipinski definition) is 1. The van der Waals surface area contributed by atoms with Crippen LogP contribution in [-0.4, -0.2) is 54.3 Å². The van der Waals surface area contributed by atoms with Crippen molar-refractivity contribution in [3.05, 3.63) is 80.4 Å². The number of carboxylic acids is 1. The van der Waals surface area contributed by atoms with Crippen molar-refractivity contribution in [2.45, 2.75) is 58.5 Å². The third-order valence-electron chi connectivity index (χ3n) is 7.87. The third kappa shape index (κ3) is 6.44. The van der Waals surface area contributed by atoms with Crippen LogP contribution >= 0.6 is 11.6 Å². The van der Waals surface area contributed by atoms with E-state index in [-0.39, 0.29) is 22.7 Å². The molecule has 0 radical (unpaired) electrons. The van der Waals surface area contributed by atoms with Crippen molar-refractivity contribution in [1.82, 2.24) is 9.47 Å². The Morgan fingerprint density at radius 1 is 1.17 bits per heavy atom. The van der Waals surface area contributed by atoms with Crippen LogP contribution in [0.4, 0.5) is 10.1 Å². The molecular weight excluding hydrogens is 545 g/mol. The number of rotatable bonds is 8. The molecule has 0 atom stereocenters. The van der Waals surface area contributed by atoms with Crippen LogP contribution in [0.15, 0.2) is 58.0 Å². The van der Waals surface area contributed by atoms with Crippen molar-refractivity contribution in [3.8, 4) is 5.75 Å². The summed E-state index contributed by atoms with van der Waals surface area (Å²) in [6, 6.07) is 11.4. The molecule has 0 bridgehead atoms. The lowest BCUT2D eigenvalue weighted by Crippen LogP contribution is -2.33. The Balaban J connectivity index is 0.00000189. The monoisotopic (exact) mass is 583 g/mol. The highest BCUT2D eigenvalue weighted by Gasteiger charge is 2.30. The zero-order valence-electron chi connectivity index (χ0n) is 24.3. The first-order valence-electron chi connectivity index (χ1n) is 14.3. The van der Waals surface area contributed by atoms with E-state index >= 15 is 4.39 Å². The molecular formula is C32H39ClFN3O4. The van der Waals surface area contributed by atoms with Gasteiger partial charge in [-0.3, -0.25) is 9.69 Å². The number of pyridine rings is 1. The van der Waals surface area contributed by atoms with E-state index in [1.54, 1.807) is 4.57 Å². The average Bonchev–Trinajstić information content (AvgIpc) is 2.94. The van der Waals surface area contributed by atoms with Crippen LogP contribution in [0.25, 0.3) is 10.9 Å². The summed E-state index contributed by atoms with van der Waals surface area (Å²) >= 11 is 6.75. The number of fused-ring (bicyclic) bond motifs is 1. The summed E-state index contributed by atoms with van der Waals surface area (Å²) < 4.78 is 23.2. The standard InChI is InChI=1S/C30H33ClFN3O4.C2H6/c1-33(16-19-7-4-3-5-8-19)18-24(31)20-11-13-34(14-12-20)27-25(32)15-22-26(29(27)39-2)35(21-9-6-10-21)17-23(28(22)36)30(37)38;1-2/h3-5,7-8,15,17,21H,6,9-14,16,18H2,1-2H3,(H,37,38);1-2H3. The van der Waals surface area contributed by atoms with Gasteiger partial charge in [0.05, 0.1) is 18.0 Å². The average molecular weight is 584 g/mol. The van der Waals surface area contributed by atoms with Crippen LogP contribution < -0.4 is 15.1 Å². The smallest absolute Gasteiger partial charge is 0.341 e. The number of aromatic carboxylic acids is 1. The molecule has 220 valence electrons. The number of ether oxygens (including phenoxy) is 1. The van der Waals surface area contributed by atoms with E-state index in [0.717, 1.165) is 36.4 Å². The summed E-state index contributed by atoms with van der Waals surface area (Å²) in [6.07, 6.45) is 5.51. The van der Waals surface area contributed by atoms with Gasteiger partial charge < -0.3 is 19.3 Å². The minimum atomic E-state index is -1.32. The number of nitrogens with zero attached hydrogens (tertiary/aromatic N) is 3. The lowest BCUT2D eigenvalue weighted by molar-refractivity contribution is 0.0694. The third-order valence-corrected chi connectivity index (χ3v) is 8.26. The molecule has 9 heteroatoms. The molecule has 1 saturated carbocycles. The molecule has 1 N–H and O–H groups in total. The molecule has 0 amide bonds. The molecule has 2 aliphatic rings. The Labute approximate surface area is 245 Å². The van der Waals surface area contributed by atoms with Gasteiger partial charge in [-0.15, -0.1) is 0 Å². The van der Waals surface area contributed by atoms with Crippen molar-refractivity contribution >= 4 is 34.2 Å². The molecule has 1 aliphatic carbocycles. The fourth-order valence-corrected chi connectivity index (χ4v) is 6.00. The molecule has 1 saturated heterocycles. The van der Waals surface area contributed by atoms with Gasteiger partial charge in [0, 0.05) is 43.4 Å². The van der Waals surface area contributed by atoms with Gasteiger partial charge in [0.2, 0.25) is 5.43 Å². The van der Waals surface area contributed by atoms with Crippen molar-refractivity contribution in [1.29, 1.82) is 0 Å². The molecule has 1 aliphatic heterocycles. The lowest BCUT2D eigenvalue weighted by atomic mass is 9.91. The number of methoxy groups -OCH3 is 1. The molecule has 0 spiro atoms. The van der Waals surface area contributed by atoms with Gasteiger partial charge in [0.1, 0.15) is 11.3 Å². The second-order valence-electron chi connectivity index (χ2n) is 10.5. The van der Waals surface area contributed by atoms with Crippen LogP contribution in [0.5, 0.6) is 5.75 Å². The molecule has 1 aromatic heterocycles. The van der Waals surface area contributed by atoms with Crippen molar-refractivity contribution in [2.24, 2.45) is 0 Å². The predicted octanol–water partition coefficient (Wildman–Crippen LogP) is 6.82. The summed E-state index contributed by atoms with van der Waals surface area (Å²) in [5.41, 5.74) is 2.08. The van der Waals surface area contributed by atoms with E-state index in [1.165, 1.54) is 24.9 Å². The summed E-state index contributed by atoms with van der Waals surface area (Å²) in [7, 11) is 3.50. The summed E-state index contributed by atoms with van der Waals surface area (Å²) in [4.78, 5) is 28.9. The van der Waals surface area contributed by atoms with Crippen LogP contribution in [0.3, 0.4) is 0 Å². The molecule has 41 heavy (non-hydrogen) atoms. The quantitative estimate of drug-likeness (QED) is 0.313.